The third-order valence-corrected chi connectivity index (χ3v) is 3.92. The number of halogens is 1. The van der Waals surface area contributed by atoms with Crippen molar-refractivity contribution >= 4 is 17.1 Å². The fourth-order valence-corrected chi connectivity index (χ4v) is 2.76. The lowest BCUT2D eigenvalue weighted by molar-refractivity contribution is -0.112. The van der Waals surface area contributed by atoms with E-state index in [1.807, 2.05) is 18.3 Å². The van der Waals surface area contributed by atoms with Crippen molar-refractivity contribution in [2.75, 3.05) is 0 Å². The molecule has 1 amide bonds. The van der Waals surface area contributed by atoms with Gasteiger partial charge in [0.1, 0.15) is 5.65 Å². The Morgan fingerprint density at radius 1 is 1.57 bits per heavy atom. The lowest BCUT2D eigenvalue weighted by Crippen LogP contribution is -2.41. The Bertz CT molecular complexity index is 739. The number of hydrazine groups is 1. The Hall–Kier alpha value is -2.57. The molecule has 110 valence electrons. The highest BCUT2D eigenvalue weighted by molar-refractivity contribution is 5.80. The van der Waals surface area contributed by atoms with Crippen molar-refractivity contribution in [1.29, 1.82) is 0 Å². The van der Waals surface area contributed by atoms with Crippen molar-refractivity contribution in [3.05, 3.63) is 41.4 Å². The van der Waals surface area contributed by atoms with E-state index in [-0.39, 0.29) is 5.23 Å². The molecule has 0 saturated heterocycles. The average Bonchev–Trinajstić information content (AvgIpc) is 2.94. The van der Waals surface area contributed by atoms with Crippen LogP contribution in [0.25, 0.3) is 11.0 Å². The summed E-state index contributed by atoms with van der Waals surface area (Å²) in [6.45, 7) is 3.27. The molecule has 6 nitrogen and oxygen atoms in total. The third-order valence-electron chi connectivity index (χ3n) is 3.92. The molecule has 0 spiro atoms. The predicted molar refractivity (Wildman–Crippen MR) is 74.8 cm³/mol. The monoisotopic (exact) mass is 290 g/mol. The Morgan fingerprint density at radius 3 is 3.00 bits per heavy atom. The van der Waals surface area contributed by atoms with Crippen LogP contribution < -0.4 is 0 Å². The zero-order chi connectivity index (χ0) is 15.1. The number of carbonyl (C=O) groups is 1. The summed E-state index contributed by atoms with van der Waals surface area (Å²) in [4.78, 5) is 18.4. The van der Waals surface area contributed by atoms with Gasteiger partial charge in [-0.1, -0.05) is 4.48 Å². The van der Waals surface area contributed by atoms with E-state index in [0.29, 0.717) is 17.1 Å². The molecule has 1 aliphatic rings. The van der Waals surface area contributed by atoms with E-state index >= 15 is 0 Å². The highest BCUT2D eigenvalue weighted by Gasteiger charge is 2.38. The maximum atomic E-state index is 14.0. The Morgan fingerprint density at radius 2 is 2.33 bits per heavy atom. The van der Waals surface area contributed by atoms with Gasteiger partial charge >= 0.3 is 6.09 Å². The number of pyridine rings is 1. The van der Waals surface area contributed by atoms with Gasteiger partial charge in [-0.3, -0.25) is 0 Å². The fourth-order valence-electron chi connectivity index (χ4n) is 2.76. The maximum absolute atomic E-state index is 14.0. The first kappa shape index (κ1) is 13.4. The molecule has 7 heteroatoms. The smallest absolute Gasteiger partial charge is 0.429 e. The number of nitrogens with one attached hydrogen (secondary N) is 1. The van der Waals surface area contributed by atoms with E-state index in [4.69, 9.17) is 5.11 Å². The van der Waals surface area contributed by atoms with Crippen molar-refractivity contribution in [2.24, 2.45) is 0 Å². The van der Waals surface area contributed by atoms with Crippen molar-refractivity contribution in [3.63, 3.8) is 0 Å². The van der Waals surface area contributed by atoms with E-state index in [0.717, 1.165) is 22.2 Å². The molecular formula is C14H15FN4O2. The summed E-state index contributed by atoms with van der Waals surface area (Å²) >= 11 is 0. The number of hydrogen-bond donors (Lipinski definition) is 2. The van der Waals surface area contributed by atoms with Gasteiger partial charge in [-0.2, -0.15) is 5.01 Å². The molecule has 21 heavy (non-hydrogen) atoms. The van der Waals surface area contributed by atoms with Gasteiger partial charge < -0.3 is 10.1 Å². The molecule has 0 aromatic carbocycles. The lowest BCUT2D eigenvalue weighted by atomic mass is 9.99. The second-order valence-electron chi connectivity index (χ2n) is 5.06. The SMILES string of the molecule is CC1=C(Cc2c[nH]c3ncccc23)C(C)N(C(=O)O)N1F. The normalized spacial score (nSPS) is 18.9. The van der Waals surface area contributed by atoms with Gasteiger partial charge in [0, 0.05) is 17.8 Å². The first-order valence-corrected chi connectivity index (χ1v) is 6.59. The summed E-state index contributed by atoms with van der Waals surface area (Å²) in [6, 6.07) is 3.24. The molecule has 2 aromatic rings. The minimum Gasteiger partial charge on any atom is -0.464 e. The number of carboxylic acid groups (broad SMARTS) is 1. The molecule has 1 unspecified atom stereocenters. The van der Waals surface area contributed by atoms with Crippen molar-refractivity contribution in [2.45, 2.75) is 26.3 Å². The summed E-state index contributed by atoms with van der Waals surface area (Å²) in [5, 5.41) is 10.9. The summed E-state index contributed by atoms with van der Waals surface area (Å²) in [6.07, 6.45) is 2.69. The van der Waals surface area contributed by atoms with Gasteiger partial charge in [0.2, 0.25) is 0 Å². The number of amides is 1. The van der Waals surface area contributed by atoms with Gasteiger partial charge in [0.15, 0.2) is 0 Å². The number of H-pyrrole nitrogens is 1. The van der Waals surface area contributed by atoms with Crippen molar-refractivity contribution in [1.82, 2.24) is 20.2 Å². The van der Waals surface area contributed by atoms with Crippen LogP contribution in [0.1, 0.15) is 19.4 Å². The minimum atomic E-state index is -1.31. The Labute approximate surface area is 120 Å². The van der Waals surface area contributed by atoms with Crippen LogP contribution in [0.2, 0.25) is 0 Å². The molecule has 1 aliphatic heterocycles. The number of aromatic nitrogens is 2. The summed E-state index contributed by atoms with van der Waals surface area (Å²) in [5.74, 6) is 0. The zero-order valence-corrected chi connectivity index (χ0v) is 11.7. The molecule has 0 bridgehead atoms. The minimum absolute atomic E-state index is 0.204. The van der Waals surface area contributed by atoms with Crippen molar-refractivity contribution < 1.29 is 14.4 Å². The second kappa shape index (κ2) is 4.76. The topological polar surface area (TPSA) is 72.5 Å². The molecule has 3 heterocycles. The number of allylic oxidation sites excluding steroid dienone is 1. The first-order chi connectivity index (χ1) is 10.0. The van der Waals surface area contributed by atoms with Gasteiger partial charge in [0.05, 0.1) is 11.7 Å². The molecule has 1 atom stereocenters. The summed E-state index contributed by atoms with van der Waals surface area (Å²) in [5.41, 5.74) is 2.80. The van der Waals surface area contributed by atoms with Crippen LogP contribution in [0.3, 0.4) is 0 Å². The first-order valence-electron chi connectivity index (χ1n) is 6.59. The molecule has 0 fully saturated rings. The van der Waals surface area contributed by atoms with E-state index < -0.39 is 12.1 Å². The highest BCUT2D eigenvalue weighted by atomic mass is 19.2. The van der Waals surface area contributed by atoms with Crippen LogP contribution in [0.15, 0.2) is 35.8 Å². The number of rotatable bonds is 2. The van der Waals surface area contributed by atoms with E-state index in [1.165, 1.54) is 0 Å². The molecule has 2 N–H and O–H groups in total. The zero-order valence-electron chi connectivity index (χ0n) is 11.7. The van der Waals surface area contributed by atoms with E-state index in [9.17, 15) is 9.28 Å². The van der Waals surface area contributed by atoms with Gasteiger partial charge in [-0.05, 0) is 43.5 Å². The predicted octanol–water partition coefficient (Wildman–Crippen LogP) is 2.86. The molecule has 0 aliphatic carbocycles. The summed E-state index contributed by atoms with van der Waals surface area (Å²) in [7, 11) is 0. The lowest BCUT2D eigenvalue weighted by Gasteiger charge is -2.23. The largest absolute Gasteiger partial charge is 0.464 e. The van der Waals surface area contributed by atoms with Crippen LogP contribution in [0.5, 0.6) is 0 Å². The van der Waals surface area contributed by atoms with Crippen LogP contribution in [0.4, 0.5) is 9.28 Å². The number of hydrogen-bond acceptors (Lipinski definition) is 3. The van der Waals surface area contributed by atoms with Crippen LogP contribution in [-0.2, 0) is 6.42 Å². The molecule has 0 radical (unpaired) electrons. The van der Waals surface area contributed by atoms with Crippen molar-refractivity contribution in [3.8, 4) is 0 Å². The Balaban J connectivity index is 1.96. The quantitative estimate of drug-likeness (QED) is 0.834. The van der Waals surface area contributed by atoms with Gasteiger partial charge in [-0.25, -0.2) is 9.78 Å². The Kier molecular flexibility index (Phi) is 3.04. The standard InChI is InChI=1S/C14H15FN4O2/c1-8-12(9(2)19(15)18(8)14(20)21)6-10-7-17-13-11(10)4-3-5-16-13/h3-5,7-8H,6H2,1-2H3,(H,16,17)(H,20,21). The van der Waals surface area contributed by atoms with Crippen LogP contribution in [-0.4, -0.2) is 37.4 Å². The van der Waals surface area contributed by atoms with E-state index in [2.05, 4.69) is 9.97 Å². The molecular weight excluding hydrogens is 275 g/mol. The van der Waals surface area contributed by atoms with E-state index in [1.54, 1.807) is 20.0 Å². The maximum Gasteiger partial charge on any atom is 0.429 e. The number of nitrogens with zero attached hydrogens (tertiary/aromatic N) is 3. The number of aromatic amines is 1. The van der Waals surface area contributed by atoms with Gasteiger partial charge in [-0.15, -0.1) is 5.23 Å². The molecule has 2 aromatic heterocycles. The third kappa shape index (κ3) is 2.01. The highest BCUT2D eigenvalue weighted by Crippen LogP contribution is 2.33. The molecule has 3 rings (SSSR count). The molecule has 0 saturated carbocycles. The van der Waals surface area contributed by atoms with Gasteiger partial charge in [0.25, 0.3) is 0 Å². The van der Waals surface area contributed by atoms with Crippen LogP contribution in [0, 0.1) is 0 Å². The fraction of sp³-hybridized carbons (Fsp3) is 0.286. The second-order valence-corrected chi connectivity index (χ2v) is 5.06. The number of fused-ring (bicyclic) bond motifs is 1. The summed E-state index contributed by atoms with van der Waals surface area (Å²) < 4.78 is 14.0. The van der Waals surface area contributed by atoms with Crippen LogP contribution >= 0.6 is 0 Å². The average molecular weight is 290 g/mol.